The van der Waals surface area contributed by atoms with Gasteiger partial charge in [0.15, 0.2) is 17.3 Å². The number of amides is 1. The largest absolute Gasteiger partial charge is 0.586 e. The van der Waals surface area contributed by atoms with E-state index < -0.39 is 12.2 Å². The number of ketones is 1. The fraction of sp³-hybridized carbons (Fsp3) is 0.105. The quantitative estimate of drug-likeness (QED) is 0.416. The molecule has 162 valence electrons. The van der Waals surface area contributed by atoms with Crippen LogP contribution in [-0.2, 0) is 6.42 Å². The smallest absolute Gasteiger partial charge is 0.395 e. The van der Waals surface area contributed by atoms with Crippen LogP contribution in [0.3, 0.4) is 0 Å². The average Bonchev–Trinajstić information content (AvgIpc) is 3.41. The Morgan fingerprint density at radius 2 is 1.84 bits per heavy atom. The van der Waals surface area contributed by atoms with Gasteiger partial charge in [-0.2, -0.15) is 4.37 Å². The van der Waals surface area contributed by atoms with Crippen molar-refractivity contribution in [2.75, 3.05) is 5.32 Å². The molecule has 32 heavy (non-hydrogen) atoms. The minimum atomic E-state index is -3.73. The summed E-state index contributed by atoms with van der Waals surface area (Å²) in [4.78, 5) is 35.8. The van der Waals surface area contributed by atoms with Crippen molar-refractivity contribution >= 4 is 51.8 Å². The monoisotopic (exact) mass is 477 g/mol. The van der Waals surface area contributed by atoms with Gasteiger partial charge < -0.3 is 14.5 Å². The van der Waals surface area contributed by atoms with Gasteiger partial charge in [-0.3, -0.25) is 14.9 Å². The zero-order chi connectivity index (χ0) is 22.5. The zero-order valence-corrected chi connectivity index (χ0v) is 17.3. The minimum Gasteiger partial charge on any atom is -0.395 e. The molecule has 2 N–H and O–H groups in total. The van der Waals surface area contributed by atoms with Crippen molar-refractivity contribution in [3.8, 4) is 11.5 Å². The van der Waals surface area contributed by atoms with E-state index in [1.807, 2.05) is 0 Å². The van der Waals surface area contributed by atoms with Crippen molar-refractivity contribution in [1.29, 1.82) is 0 Å². The lowest BCUT2D eigenvalue weighted by molar-refractivity contribution is -0.286. The van der Waals surface area contributed by atoms with Crippen molar-refractivity contribution in [3.05, 3.63) is 57.8 Å². The highest BCUT2D eigenvalue weighted by Gasteiger charge is 2.43. The van der Waals surface area contributed by atoms with Crippen LogP contribution in [0, 0.1) is 0 Å². The Morgan fingerprint density at radius 3 is 2.59 bits per heavy atom. The second kappa shape index (κ2) is 7.50. The number of anilines is 1. The molecule has 1 aliphatic heterocycles. The molecule has 3 heterocycles. The number of alkyl halides is 2. The van der Waals surface area contributed by atoms with Gasteiger partial charge in [0, 0.05) is 22.7 Å². The normalized spacial score (nSPS) is 14.0. The SMILES string of the molecule is O=C(Cc1nc(C(=O)Nc2nc3cc4c(cc3[nH]2)OC(F)(F)O4)ns1)c1ccc(Cl)cc1. The summed E-state index contributed by atoms with van der Waals surface area (Å²) in [7, 11) is 0. The van der Waals surface area contributed by atoms with Gasteiger partial charge in [-0.15, -0.1) is 8.78 Å². The van der Waals surface area contributed by atoms with Crippen LogP contribution in [0.2, 0.25) is 5.02 Å². The summed E-state index contributed by atoms with van der Waals surface area (Å²) < 4.78 is 39.1. The molecule has 0 bridgehead atoms. The molecule has 13 heteroatoms. The first-order valence-corrected chi connectivity index (χ1v) is 10.1. The Hall–Kier alpha value is -3.64. The molecule has 2 aromatic carbocycles. The molecule has 0 unspecified atom stereocenters. The fourth-order valence-electron chi connectivity index (χ4n) is 2.97. The summed E-state index contributed by atoms with van der Waals surface area (Å²) in [5.74, 6) is -1.25. The van der Waals surface area contributed by atoms with Crippen LogP contribution in [0.4, 0.5) is 14.7 Å². The molecular weight excluding hydrogens is 468 g/mol. The maximum Gasteiger partial charge on any atom is 0.586 e. The second-order valence-electron chi connectivity index (χ2n) is 6.64. The highest BCUT2D eigenvalue weighted by atomic mass is 35.5. The molecule has 4 aromatic rings. The van der Waals surface area contributed by atoms with E-state index in [9.17, 15) is 18.4 Å². The number of carbonyl (C=O) groups is 2. The molecule has 0 spiro atoms. The topological polar surface area (TPSA) is 119 Å². The molecule has 0 atom stereocenters. The van der Waals surface area contributed by atoms with Gasteiger partial charge in [0.25, 0.3) is 5.91 Å². The Morgan fingerprint density at radius 1 is 1.12 bits per heavy atom. The maximum absolute atomic E-state index is 13.2. The number of aromatic amines is 1. The number of nitrogens with zero attached hydrogens (tertiary/aromatic N) is 3. The van der Waals surface area contributed by atoms with Crippen molar-refractivity contribution < 1.29 is 27.8 Å². The van der Waals surface area contributed by atoms with Gasteiger partial charge in [0.2, 0.25) is 11.8 Å². The van der Waals surface area contributed by atoms with E-state index in [0.717, 1.165) is 11.5 Å². The molecule has 0 radical (unpaired) electrons. The predicted octanol–water partition coefficient (Wildman–Crippen LogP) is 4.07. The third-order valence-electron chi connectivity index (χ3n) is 4.39. The summed E-state index contributed by atoms with van der Waals surface area (Å²) in [6.07, 6.45) is -3.76. The number of fused-ring (bicyclic) bond motifs is 2. The van der Waals surface area contributed by atoms with Crippen molar-refractivity contribution in [1.82, 2.24) is 19.3 Å². The number of nitrogens with one attached hydrogen (secondary N) is 2. The standard InChI is InChI=1S/C19H10ClF2N5O4S/c20-9-3-1-8(2-4-9)12(28)7-15-25-16(27-32-15)17(29)26-18-23-10-5-13-14(6-11(10)24-18)31-19(21,22)30-13/h1-6H,7H2,(H2,23,24,26,29). The summed E-state index contributed by atoms with van der Waals surface area (Å²) in [6.45, 7) is 0. The number of Topliss-reactive ketones (excluding diaryl/α,β-unsaturated/α-hetero) is 1. The Kier molecular flexibility index (Phi) is 4.75. The summed E-state index contributed by atoms with van der Waals surface area (Å²) in [5.41, 5.74) is 1.09. The van der Waals surface area contributed by atoms with Crippen LogP contribution in [0.5, 0.6) is 11.5 Å². The van der Waals surface area contributed by atoms with Crippen LogP contribution in [0.1, 0.15) is 26.0 Å². The predicted molar refractivity (Wildman–Crippen MR) is 110 cm³/mol. The van der Waals surface area contributed by atoms with Crippen molar-refractivity contribution in [3.63, 3.8) is 0 Å². The maximum atomic E-state index is 13.2. The van der Waals surface area contributed by atoms with Crippen LogP contribution in [0.15, 0.2) is 36.4 Å². The second-order valence-corrected chi connectivity index (χ2v) is 7.91. The van der Waals surface area contributed by atoms with E-state index in [1.54, 1.807) is 24.3 Å². The van der Waals surface area contributed by atoms with Gasteiger partial charge >= 0.3 is 6.29 Å². The number of ether oxygens (including phenoxy) is 2. The first kappa shape index (κ1) is 20.3. The number of benzene rings is 2. The summed E-state index contributed by atoms with van der Waals surface area (Å²) in [5, 5.41) is 3.38. The number of H-pyrrole nitrogens is 1. The highest BCUT2D eigenvalue weighted by Crippen LogP contribution is 2.42. The Bertz CT molecular complexity index is 1330. The Balaban J connectivity index is 1.27. The zero-order valence-electron chi connectivity index (χ0n) is 15.7. The van der Waals surface area contributed by atoms with E-state index in [2.05, 4.69) is 34.1 Å². The number of hydrogen-bond acceptors (Lipinski definition) is 8. The van der Waals surface area contributed by atoms with Crippen LogP contribution >= 0.6 is 23.1 Å². The van der Waals surface area contributed by atoms with Gasteiger partial charge in [-0.25, -0.2) is 9.97 Å². The van der Waals surface area contributed by atoms with Gasteiger partial charge in [0.05, 0.1) is 17.5 Å². The van der Waals surface area contributed by atoms with E-state index in [0.29, 0.717) is 21.1 Å². The first-order valence-electron chi connectivity index (χ1n) is 8.98. The van der Waals surface area contributed by atoms with Crippen LogP contribution < -0.4 is 14.8 Å². The number of carbonyl (C=O) groups excluding carboxylic acids is 2. The molecule has 2 aromatic heterocycles. The van der Waals surface area contributed by atoms with E-state index in [4.69, 9.17) is 11.6 Å². The number of rotatable bonds is 5. The molecule has 1 amide bonds. The third-order valence-corrected chi connectivity index (χ3v) is 5.35. The third kappa shape index (κ3) is 3.97. The lowest BCUT2D eigenvalue weighted by Gasteiger charge is -2.04. The van der Waals surface area contributed by atoms with E-state index in [1.165, 1.54) is 12.1 Å². The highest BCUT2D eigenvalue weighted by molar-refractivity contribution is 7.05. The lowest BCUT2D eigenvalue weighted by Crippen LogP contribution is -2.25. The Labute approximate surface area is 186 Å². The number of halogens is 3. The molecule has 5 rings (SSSR count). The molecular formula is C19H10ClF2N5O4S. The molecule has 1 aliphatic rings. The molecule has 0 aliphatic carbocycles. The number of imidazole rings is 1. The van der Waals surface area contributed by atoms with Gasteiger partial charge in [0.1, 0.15) is 5.01 Å². The molecule has 0 saturated carbocycles. The summed E-state index contributed by atoms with van der Waals surface area (Å²) >= 11 is 6.75. The molecule has 0 fully saturated rings. The van der Waals surface area contributed by atoms with Crippen LogP contribution in [0.25, 0.3) is 11.0 Å². The number of hydrogen-bond donors (Lipinski definition) is 2. The van der Waals surface area contributed by atoms with Crippen molar-refractivity contribution in [2.24, 2.45) is 0 Å². The lowest BCUT2D eigenvalue weighted by atomic mass is 10.1. The van der Waals surface area contributed by atoms with E-state index in [-0.39, 0.29) is 41.0 Å². The van der Waals surface area contributed by atoms with Gasteiger partial charge in [-0.1, -0.05) is 11.6 Å². The summed E-state index contributed by atoms with van der Waals surface area (Å²) in [6, 6.07) is 8.98. The molecule has 0 saturated heterocycles. The first-order chi connectivity index (χ1) is 15.3. The van der Waals surface area contributed by atoms with Gasteiger partial charge in [-0.05, 0) is 35.8 Å². The fourth-order valence-corrected chi connectivity index (χ4v) is 3.74. The van der Waals surface area contributed by atoms with Crippen molar-refractivity contribution in [2.45, 2.75) is 12.7 Å². The minimum absolute atomic E-state index is 0.0204. The average molecular weight is 478 g/mol. The molecule has 9 nitrogen and oxygen atoms in total. The van der Waals surface area contributed by atoms with E-state index >= 15 is 0 Å². The van der Waals surface area contributed by atoms with Crippen LogP contribution in [-0.4, -0.2) is 37.3 Å². The number of aromatic nitrogens is 4.